The van der Waals surface area contributed by atoms with Crippen LogP contribution in [-0.2, 0) is 16.1 Å². The van der Waals surface area contributed by atoms with Gasteiger partial charge in [0.2, 0.25) is 0 Å². The van der Waals surface area contributed by atoms with Crippen molar-refractivity contribution >= 4 is 21.9 Å². The molecule has 0 bridgehead atoms. The van der Waals surface area contributed by atoms with E-state index in [9.17, 15) is 4.79 Å². The summed E-state index contributed by atoms with van der Waals surface area (Å²) in [5.41, 5.74) is 0.999. The van der Waals surface area contributed by atoms with Gasteiger partial charge in [-0.1, -0.05) is 47.5 Å². The Hall–Kier alpha value is -0.870. The Kier molecular flexibility index (Phi) is 5.40. The van der Waals surface area contributed by atoms with Crippen molar-refractivity contribution in [1.29, 1.82) is 0 Å². The Morgan fingerprint density at radius 3 is 3.00 bits per heavy atom. The Balaban J connectivity index is 1.86. The monoisotopic (exact) mass is 325 g/mol. The zero-order valence-corrected chi connectivity index (χ0v) is 12.8. The van der Waals surface area contributed by atoms with E-state index in [0.717, 1.165) is 35.8 Å². The quantitative estimate of drug-likeness (QED) is 0.863. The van der Waals surface area contributed by atoms with Gasteiger partial charge in [-0.25, -0.2) is 0 Å². The second-order valence-electron chi connectivity index (χ2n) is 5.00. The molecular weight excluding hydrogens is 306 g/mol. The lowest BCUT2D eigenvalue weighted by Gasteiger charge is -2.28. The van der Waals surface area contributed by atoms with Gasteiger partial charge in [-0.05, 0) is 31.4 Å². The normalized spacial score (nSPS) is 23.1. The molecule has 1 heterocycles. The summed E-state index contributed by atoms with van der Waals surface area (Å²) >= 11 is 3.46. The number of halogens is 1. The topological polar surface area (TPSA) is 38.3 Å². The van der Waals surface area contributed by atoms with Crippen molar-refractivity contribution in [2.75, 3.05) is 6.54 Å². The molecule has 19 heavy (non-hydrogen) atoms. The lowest BCUT2D eigenvalue weighted by atomic mass is 9.90. The minimum atomic E-state index is -0.138. The van der Waals surface area contributed by atoms with Gasteiger partial charge in [0.1, 0.15) is 12.6 Å². The maximum atomic E-state index is 12.0. The van der Waals surface area contributed by atoms with Crippen LogP contribution in [0.5, 0.6) is 0 Å². The molecule has 2 unspecified atom stereocenters. The van der Waals surface area contributed by atoms with Gasteiger partial charge in [-0.15, -0.1) is 0 Å². The van der Waals surface area contributed by atoms with Crippen LogP contribution < -0.4 is 5.32 Å². The SMILES string of the molecule is CCC1CCNC(C(=O)OCc2ccccc2Br)C1. The second-order valence-corrected chi connectivity index (χ2v) is 5.86. The van der Waals surface area contributed by atoms with Gasteiger partial charge in [-0.3, -0.25) is 4.79 Å². The molecule has 1 fully saturated rings. The minimum Gasteiger partial charge on any atom is -0.460 e. The van der Waals surface area contributed by atoms with Crippen molar-refractivity contribution in [2.45, 2.75) is 38.8 Å². The maximum Gasteiger partial charge on any atom is 0.323 e. The van der Waals surface area contributed by atoms with E-state index in [1.54, 1.807) is 0 Å². The largest absolute Gasteiger partial charge is 0.460 e. The molecule has 1 saturated heterocycles. The predicted molar refractivity (Wildman–Crippen MR) is 78.7 cm³/mol. The van der Waals surface area contributed by atoms with Crippen LogP contribution in [0.25, 0.3) is 0 Å². The van der Waals surface area contributed by atoms with E-state index in [4.69, 9.17) is 4.74 Å². The highest BCUT2D eigenvalue weighted by atomic mass is 79.9. The Morgan fingerprint density at radius 1 is 1.47 bits per heavy atom. The average Bonchev–Trinajstić information content (AvgIpc) is 2.46. The molecule has 1 aliphatic rings. The first-order valence-corrected chi connectivity index (χ1v) is 7.63. The van der Waals surface area contributed by atoms with E-state index < -0.39 is 0 Å². The van der Waals surface area contributed by atoms with Crippen LogP contribution >= 0.6 is 15.9 Å². The van der Waals surface area contributed by atoms with Crippen molar-refractivity contribution in [1.82, 2.24) is 5.32 Å². The fourth-order valence-corrected chi connectivity index (χ4v) is 2.81. The molecule has 1 aliphatic heterocycles. The smallest absolute Gasteiger partial charge is 0.323 e. The predicted octanol–water partition coefficient (Wildman–Crippen LogP) is 3.27. The van der Waals surface area contributed by atoms with Crippen LogP contribution in [0.15, 0.2) is 28.7 Å². The Labute approximate surface area is 122 Å². The molecule has 3 nitrogen and oxygen atoms in total. The molecule has 0 amide bonds. The lowest BCUT2D eigenvalue weighted by Crippen LogP contribution is -2.44. The van der Waals surface area contributed by atoms with Crippen molar-refractivity contribution in [3.8, 4) is 0 Å². The van der Waals surface area contributed by atoms with E-state index in [2.05, 4.69) is 28.2 Å². The van der Waals surface area contributed by atoms with E-state index in [-0.39, 0.29) is 12.0 Å². The fourth-order valence-electron chi connectivity index (χ4n) is 2.41. The Morgan fingerprint density at radius 2 is 2.26 bits per heavy atom. The summed E-state index contributed by atoms with van der Waals surface area (Å²) in [4.78, 5) is 12.0. The van der Waals surface area contributed by atoms with Crippen molar-refractivity contribution in [3.63, 3.8) is 0 Å². The number of nitrogens with one attached hydrogen (secondary N) is 1. The first-order chi connectivity index (χ1) is 9.20. The van der Waals surface area contributed by atoms with Gasteiger partial charge < -0.3 is 10.1 Å². The van der Waals surface area contributed by atoms with Crippen molar-refractivity contribution in [2.24, 2.45) is 5.92 Å². The summed E-state index contributed by atoms with van der Waals surface area (Å²) in [5, 5.41) is 3.25. The standard InChI is InChI=1S/C15H20BrNO2/c1-2-11-7-8-17-14(9-11)15(18)19-10-12-5-3-4-6-13(12)16/h3-6,11,14,17H,2,7-10H2,1H3. The van der Waals surface area contributed by atoms with Crippen LogP contribution in [-0.4, -0.2) is 18.6 Å². The summed E-state index contributed by atoms with van der Waals surface area (Å²) < 4.78 is 6.39. The second kappa shape index (κ2) is 7.06. The first-order valence-electron chi connectivity index (χ1n) is 6.84. The van der Waals surface area contributed by atoms with Gasteiger partial charge in [0.15, 0.2) is 0 Å². The van der Waals surface area contributed by atoms with Gasteiger partial charge in [0.05, 0.1) is 0 Å². The fraction of sp³-hybridized carbons (Fsp3) is 0.533. The molecule has 0 radical (unpaired) electrons. The average molecular weight is 326 g/mol. The number of carbonyl (C=O) groups is 1. The number of piperidine rings is 1. The summed E-state index contributed by atoms with van der Waals surface area (Å²) in [6, 6.07) is 7.67. The number of hydrogen-bond donors (Lipinski definition) is 1. The molecule has 0 aliphatic carbocycles. The number of hydrogen-bond acceptors (Lipinski definition) is 3. The number of carbonyl (C=O) groups excluding carboxylic acids is 1. The zero-order chi connectivity index (χ0) is 13.7. The number of ether oxygens (including phenoxy) is 1. The molecule has 1 aromatic rings. The molecule has 1 N–H and O–H groups in total. The lowest BCUT2D eigenvalue weighted by molar-refractivity contribution is -0.148. The van der Waals surface area contributed by atoms with Crippen LogP contribution in [0.3, 0.4) is 0 Å². The summed E-state index contributed by atoms with van der Waals surface area (Å²) in [7, 11) is 0. The third-order valence-electron chi connectivity index (χ3n) is 3.70. The third-order valence-corrected chi connectivity index (χ3v) is 4.48. The van der Waals surface area contributed by atoms with Crippen LogP contribution in [0, 0.1) is 5.92 Å². The van der Waals surface area contributed by atoms with Crippen LogP contribution in [0.2, 0.25) is 0 Å². The molecule has 0 spiro atoms. The highest BCUT2D eigenvalue weighted by Gasteiger charge is 2.27. The minimum absolute atomic E-state index is 0.131. The first kappa shape index (κ1) is 14.5. The summed E-state index contributed by atoms with van der Waals surface area (Å²) in [5.74, 6) is 0.510. The van der Waals surface area contributed by atoms with E-state index >= 15 is 0 Å². The molecule has 1 aromatic carbocycles. The Bertz CT molecular complexity index is 436. The van der Waals surface area contributed by atoms with E-state index in [1.165, 1.54) is 0 Å². The van der Waals surface area contributed by atoms with Gasteiger partial charge in [-0.2, -0.15) is 0 Å². The molecular formula is C15H20BrNO2. The molecule has 0 saturated carbocycles. The van der Waals surface area contributed by atoms with E-state index in [1.807, 2.05) is 24.3 Å². The number of benzene rings is 1. The highest BCUT2D eigenvalue weighted by Crippen LogP contribution is 2.21. The van der Waals surface area contributed by atoms with Crippen LogP contribution in [0.4, 0.5) is 0 Å². The molecule has 4 heteroatoms. The summed E-state index contributed by atoms with van der Waals surface area (Å²) in [6.45, 7) is 3.42. The number of rotatable bonds is 4. The van der Waals surface area contributed by atoms with Gasteiger partial charge in [0, 0.05) is 10.0 Å². The maximum absolute atomic E-state index is 12.0. The molecule has 0 aromatic heterocycles. The molecule has 2 rings (SSSR count). The molecule has 104 valence electrons. The van der Waals surface area contributed by atoms with Gasteiger partial charge in [0.25, 0.3) is 0 Å². The highest BCUT2D eigenvalue weighted by molar-refractivity contribution is 9.10. The number of esters is 1. The summed E-state index contributed by atoms with van der Waals surface area (Å²) in [6.07, 6.45) is 3.19. The molecule has 2 atom stereocenters. The van der Waals surface area contributed by atoms with Crippen molar-refractivity contribution < 1.29 is 9.53 Å². The van der Waals surface area contributed by atoms with Gasteiger partial charge >= 0.3 is 5.97 Å². The van der Waals surface area contributed by atoms with E-state index in [0.29, 0.717) is 12.5 Å². The third kappa shape index (κ3) is 4.05. The van der Waals surface area contributed by atoms with Crippen LogP contribution in [0.1, 0.15) is 31.7 Å². The zero-order valence-electron chi connectivity index (χ0n) is 11.2. The van der Waals surface area contributed by atoms with Crippen molar-refractivity contribution in [3.05, 3.63) is 34.3 Å².